The standard InChI is InChI=1S/C20H34N6O7/c1-3-10(2)16(20(32)33)25-18(30)13-5-4-8-26(13)19(31)12(9-15(23)28)24-17(29)11(21)6-7-14(22)27/h10-13,16H,3-9,21H2,1-2H3,(H2,22,27)(H2,23,28)(H,24,29)(H,25,30)(H,32,33). The fourth-order valence-electron chi connectivity index (χ4n) is 3.54. The maximum absolute atomic E-state index is 13.1. The van der Waals surface area contributed by atoms with Crippen molar-refractivity contribution in [3.63, 3.8) is 0 Å². The van der Waals surface area contributed by atoms with E-state index >= 15 is 0 Å². The predicted molar refractivity (Wildman–Crippen MR) is 116 cm³/mol. The molecule has 13 nitrogen and oxygen atoms in total. The molecular formula is C20H34N6O7. The van der Waals surface area contributed by atoms with Crippen LogP contribution in [0, 0.1) is 5.92 Å². The third kappa shape index (κ3) is 8.33. The zero-order chi connectivity index (χ0) is 25.3. The number of amides is 5. The first-order valence-electron chi connectivity index (χ1n) is 10.8. The topological polar surface area (TPSA) is 228 Å². The molecule has 0 aromatic rings. The van der Waals surface area contributed by atoms with Crippen molar-refractivity contribution in [2.45, 2.75) is 76.5 Å². The highest BCUT2D eigenvalue weighted by Gasteiger charge is 2.40. The molecule has 0 aliphatic carbocycles. The number of hydrogen-bond donors (Lipinski definition) is 6. The summed E-state index contributed by atoms with van der Waals surface area (Å²) in [6.45, 7) is 3.66. The molecule has 0 spiro atoms. The highest BCUT2D eigenvalue weighted by Crippen LogP contribution is 2.20. The number of aliphatic carboxylic acids is 1. The van der Waals surface area contributed by atoms with E-state index in [1.807, 2.05) is 0 Å². The summed E-state index contributed by atoms with van der Waals surface area (Å²) in [5.74, 6) is -5.14. The number of carboxylic acids is 1. The number of carboxylic acid groups (broad SMARTS) is 1. The summed E-state index contributed by atoms with van der Waals surface area (Å²) in [4.78, 5) is 73.4. The van der Waals surface area contributed by atoms with Crippen molar-refractivity contribution < 1.29 is 33.9 Å². The Kier molecular flexibility index (Phi) is 10.7. The van der Waals surface area contributed by atoms with Crippen molar-refractivity contribution in [2.75, 3.05) is 6.54 Å². The maximum atomic E-state index is 13.1. The summed E-state index contributed by atoms with van der Waals surface area (Å²) >= 11 is 0. The third-order valence-electron chi connectivity index (χ3n) is 5.67. The number of rotatable bonds is 13. The molecule has 1 aliphatic heterocycles. The van der Waals surface area contributed by atoms with E-state index < -0.39 is 66.1 Å². The first-order valence-corrected chi connectivity index (χ1v) is 10.8. The Morgan fingerprint density at radius 3 is 2.24 bits per heavy atom. The Morgan fingerprint density at radius 1 is 1.09 bits per heavy atom. The second kappa shape index (κ2) is 12.7. The molecule has 0 aromatic carbocycles. The van der Waals surface area contributed by atoms with Crippen LogP contribution in [0.3, 0.4) is 0 Å². The monoisotopic (exact) mass is 470 g/mol. The lowest BCUT2D eigenvalue weighted by atomic mass is 9.98. The number of nitrogens with zero attached hydrogens (tertiary/aromatic N) is 1. The van der Waals surface area contributed by atoms with Gasteiger partial charge in [-0.3, -0.25) is 24.0 Å². The number of primary amides is 2. The van der Waals surface area contributed by atoms with Crippen LogP contribution in [-0.2, 0) is 28.8 Å². The van der Waals surface area contributed by atoms with Gasteiger partial charge < -0.3 is 37.8 Å². The summed E-state index contributed by atoms with van der Waals surface area (Å²) in [6.07, 6.45) is 0.563. The first-order chi connectivity index (χ1) is 15.4. The van der Waals surface area contributed by atoms with Gasteiger partial charge in [-0.1, -0.05) is 20.3 Å². The number of nitrogens with one attached hydrogen (secondary N) is 2. The summed E-state index contributed by atoms with van der Waals surface area (Å²) in [7, 11) is 0. The third-order valence-corrected chi connectivity index (χ3v) is 5.67. The molecule has 0 aromatic heterocycles. The summed E-state index contributed by atoms with van der Waals surface area (Å²) in [5.41, 5.74) is 16.0. The second-order valence-corrected chi connectivity index (χ2v) is 8.24. The average Bonchev–Trinajstić information content (AvgIpc) is 3.23. The van der Waals surface area contributed by atoms with Gasteiger partial charge in [0.1, 0.15) is 18.1 Å². The number of hydrogen-bond acceptors (Lipinski definition) is 7. The van der Waals surface area contributed by atoms with Crippen LogP contribution >= 0.6 is 0 Å². The van der Waals surface area contributed by atoms with Crippen molar-refractivity contribution in [3.05, 3.63) is 0 Å². The quantitative estimate of drug-likeness (QED) is 0.169. The van der Waals surface area contributed by atoms with Crippen molar-refractivity contribution >= 4 is 35.5 Å². The molecule has 1 aliphatic rings. The summed E-state index contributed by atoms with van der Waals surface area (Å²) in [6, 6.07) is -4.60. The van der Waals surface area contributed by atoms with Crippen LogP contribution < -0.4 is 27.8 Å². The summed E-state index contributed by atoms with van der Waals surface area (Å²) in [5, 5.41) is 14.3. The lowest BCUT2D eigenvalue weighted by Gasteiger charge is -2.30. The van der Waals surface area contributed by atoms with Crippen molar-refractivity contribution in [1.29, 1.82) is 0 Å². The first kappa shape index (κ1) is 27.8. The fourth-order valence-corrected chi connectivity index (χ4v) is 3.54. The van der Waals surface area contributed by atoms with Crippen LogP contribution in [0.25, 0.3) is 0 Å². The fraction of sp³-hybridized carbons (Fsp3) is 0.700. The van der Waals surface area contributed by atoms with Gasteiger partial charge in [-0.25, -0.2) is 4.79 Å². The van der Waals surface area contributed by atoms with Crippen LogP contribution in [-0.4, -0.2) is 76.2 Å². The Hall–Kier alpha value is -3.22. The van der Waals surface area contributed by atoms with Gasteiger partial charge in [0, 0.05) is 13.0 Å². The lowest BCUT2D eigenvalue weighted by Crippen LogP contribution is -2.58. The van der Waals surface area contributed by atoms with Crippen LogP contribution in [0.5, 0.6) is 0 Å². The minimum atomic E-state index is -1.37. The Balaban J connectivity index is 2.96. The molecule has 9 N–H and O–H groups in total. The van der Waals surface area contributed by atoms with E-state index in [1.54, 1.807) is 13.8 Å². The predicted octanol–water partition coefficient (Wildman–Crippen LogP) is -2.45. The molecule has 0 bridgehead atoms. The van der Waals surface area contributed by atoms with E-state index in [0.717, 1.165) is 0 Å². The molecule has 5 atom stereocenters. The molecule has 0 radical (unpaired) electrons. The number of carbonyl (C=O) groups excluding carboxylic acids is 5. The van der Waals surface area contributed by atoms with E-state index in [-0.39, 0.29) is 25.3 Å². The zero-order valence-electron chi connectivity index (χ0n) is 18.9. The maximum Gasteiger partial charge on any atom is 0.326 e. The summed E-state index contributed by atoms with van der Waals surface area (Å²) < 4.78 is 0. The van der Waals surface area contributed by atoms with E-state index in [2.05, 4.69) is 10.6 Å². The van der Waals surface area contributed by atoms with E-state index in [4.69, 9.17) is 17.2 Å². The number of nitrogens with two attached hydrogens (primary N) is 3. The van der Waals surface area contributed by atoms with E-state index in [0.29, 0.717) is 19.3 Å². The molecule has 1 heterocycles. The Bertz CT molecular complexity index is 774. The molecule has 1 saturated heterocycles. The van der Waals surface area contributed by atoms with E-state index in [9.17, 15) is 33.9 Å². The van der Waals surface area contributed by atoms with Gasteiger partial charge in [-0.2, -0.15) is 0 Å². The van der Waals surface area contributed by atoms with Crippen molar-refractivity contribution in [2.24, 2.45) is 23.1 Å². The molecule has 5 amide bonds. The van der Waals surface area contributed by atoms with Crippen LogP contribution in [0.15, 0.2) is 0 Å². The zero-order valence-corrected chi connectivity index (χ0v) is 18.9. The van der Waals surface area contributed by atoms with Gasteiger partial charge in [0.25, 0.3) is 0 Å². The minimum absolute atomic E-state index is 0.0560. The van der Waals surface area contributed by atoms with Gasteiger partial charge in [0.15, 0.2) is 0 Å². The molecule has 13 heteroatoms. The van der Waals surface area contributed by atoms with Gasteiger partial charge in [0.05, 0.1) is 12.5 Å². The molecule has 5 unspecified atom stereocenters. The van der Waals surface area contributed by atoms with Crippen LogP contribution in [0.4, 0.5) is 0 Å². The van der Waals surface area contributed by atoms with Gasteiger partial charge >= 0.3 is 5.97 Å². The van der Waals surface area contributed by atoms with Crippen molar-refractivity contribution in [3.8, 4) is 0 Å². The second-order valence-electron chi connectivity index (χ2n) is 8.24. The van der Waals surface area contributed by atoms with E-state index in [1.165, 1.54) is 4.90 Å². The average molecular weight is 471 g/mol. The smallest absolute Gasteiger partial charge is 0.326 e. The van der Waals surface area contributed by atoms with Gasteiger partial charge in [-0.05, 0) is 25.2 Å². The van der Waals surface area contributed by atoms with Crippen LogP contribution in [0.2, 0.25) is 0 Å². The van der Waals surface area contributed by atoms with Crippen molar-refractivity contribution in [1.82, 2.24) is 15.5 Å². The minimum Gasteiger partial charge on any atom is -0.480 e. The normalized spacial score (nSPS) is 19.1. The Morgan fingerprint density at radius 2 is 1.73 bits per heavy atom. The molecule has 186 valence electrons. The highest BCUT2D eigenvalue weighted by atomic mass is 16.4. The SMILES string of the molecule is CCC(C)C(NC(=O)C1CCCN1C(=O)C(CC(N)=O)NC(=O)C(N)CCC(N)=O)C(=O)O. The Labute approximate surface area is 191 Å². The van der Waals surface area contributed by atoms with Crippen LogP contribution in [0.1, 0.15) is 52.4 Å². The molecule has 1 fully saturated rings. The molecule has 0 saturated carbocycles. The largest absolute Gasteiger partial charge is 0.480 e. The molecular weight excluding hydrogens is 436 g/mol. The molecule has 1 rings (SSSR count). The highest BCUT2D eigenvalue weighted by molar-refractivity contribution is 5.96. The number of likely N-dealkylation sites (tertiary alicyclic amines) is 1. The lowest BCUT2D eigenvalue weighted by molar-refractivity contribution is -0.146. The number of carbonyl (C=O) groups is 6. The van der Waals surface area contributed by atoms with Gasteiger partial charge in [-0.15, -0.1) is 0 Å². The van der Waals surface area contributed by atoms with Gasteiger partial charge in [0.2, 0.25) is 29.5 Å². The molecule has 33 heavy (non-hydrogen) atoms.